The first-order valence-corrected chi connectivity index (χ1v) is 11.9. The fraction of sp³-hybridized carbons (Fsp3) is 0.591. The van der Waals surface area contributed by atoms with Crippen LogP contribution in [-0.2, 0) is 22.3 Å². The van der Waals surface area contributed by atoms with Crippen molar-refractivity contribution in [3.63, 3.8) is 0 Å². The normalized spacial score (nSPS) is 15.1. The van der Waals surface area contributed by atoms with Gasteiger partial charge in [0.15, 0.2) is 5.16 Å². The third kappa shape index (κ3) is 5.57. The molecule has 0 radical (unpaired) electrons. The van der Waals surface area contributed by atoms with E-state index in [9.17, 15) is 22.8 Å². The Hall–Kier alpha value is -2.23. The number of rotatable bonds is 7. The molecule has 2 amide bonds. The lowest BCUT2D eigenvalue weighted by Gasteiger charge is -2.35. The molecule has 1 aliphatic rings. The SMILES string of the molecule is CCCCn1c(SCC(=O)N2CCN(C(=O)C(C)C)CC2)nc2cc(C(F)(F)F)ccc21. The number of nitrogens with zero attached hydrogens (tertiary/aromatic N) is 4. The van der Waals surface area contributed by atoms with E-state index in [2.05, 4.69) is 4.98 Å². The molecule has 1 aromatic heterocycles. The van der Waals surface area contributed by atoms with Crippen LogP contribution < -0.4 is 0 Å². The Kier molecular flexibility index (Phi) is 7.74. The molecule has 0 spiro atoms. The minimum atomic E-state index is -4.43. The average Bonchev–Trinajstić information content (AvgIpc) is 3.11. The van der Waals surface area contributed by atoms with E-state index in [4.69, 9.17) is 0 Å². The number of halogens is 3. The molecule has 0 bridgehead atoms. The predicted molar refractivity (Wildman–Crippen MR) is 118 cm³/mol. The van der Waals surface area contributed by atoms with Crippen molar-refractivity contribution in [2.75, 3.05) is 31.9 Å². The molecule has 2 aromatic rings. The van der Waals surface area contributed by atoms with Gasteiger partial charge in [-0.25, -0.2) is 4.98 Å². The highest BCUT2D eigenvalue weighted by molar-refractivity contribution is 7.99. The number of aromatic nitrogens is 2. The summed E-state index contributed by atoms with van der Waals surface area (Å²) in [5.41, 5.74) is 0.195. The summed E-state index contributed by atoms with van der Waals surface area (Å²) in [7, 11) is 0. The monoisotopic (exact) mass is 470 g/mol. The first kappa shape index (κ1) is 24.4. The zero-order valence-electron chi connectivity index (χ0n) is 18.6. The summed E-state index contributed by atoms with van der Waals surface area (Å²) in [6, 6.07) is 3.59. The smallest absolute Gasteiger partial charge is 0.339 e. The number of alkyl halides is 3. The van der Waals surface area contributed by atoms with E-state index in [1.807, 2.05) is 25.3 Å². The van der Waals surface area contributed by atoms with Gasteiger partial charge in [-0.2, -0.15) is 13.2 Å². The van der Waals surface area contributed by atoms with Crippen LogP contribution in [0, 0.1) is 5.92 Å². The fourth-order valence-electron chi connectivity index (χ4n) is 3.69. The molecule has 0 aliphatic carbocycles. The standard InChI is InChI=1S/C22H29F3N4O2S/c1-4-5-8-29-18-7-6-16(22(23,24)25)13-17(18)26-21(29)32-14-19(30)27-9-11-28(12-10-27)20(31)15(2)3/h6-7,13,15H,4-5,8-12,14H2,1-3H3. The van der Waals surface area contributed by atoms with E-state index in [0.717, 1.165) is 25.0 Å². The summed E-state index contributed by atoms with van der Waals surface area (Å²) >= 11 is 1.25. The molecule has 1 fully saturated rings. The molecule has 32 heavy (non-hydrogen) atoms. The quantitative estimate of drug-likeness (QED) is 0.567. The molecule has 3 rings (SSSR count). The molecular formula is C22H29F3N4O2S. The first-order valence-electron chi connectivity index (χ1n) is 10.9. The first-order chi connectivity index (χ1) is 15.1. The van der Waals surface area contributed by atoms with Crippen LogP contribution in [0.3, 0.4) is 0 Å². The van der Waals surface area contributed by atoms with Crippen molar-refractivity contribution in [3.8, 4) is 0 Å². The van der Waals surface area contributed by atoms with E-state index >= 15 is 0 Å². The van der Waals surface area contributed by atoms with Gasteiger partial charge in [0.05, 0.1) is 22.3 Å². The second-order valence-electron chi connectivity index (χ2n) is 8.25. The van der Waals surface area contributed by atoms with Gasteiger partial charge in [0.1, 0.15) is 0 Å². The van der Waals surface area contributed by atoms with E-state index in [0.29, 0.717) is 43.4 Å². The number of hydrogen-bond acceptors (Lipinski definition) is 4. The van der Waals surface area contributed by atoms with Gasteiger partial charge >= 0.3 is 6.18 Å². The van der Waals surface area contributed by atoms with E-state index in [-0.39, 0.29) is 29.0 Å². The molecular weight excluding hydrogens is 441 g/mol. The molecule has 1 saturated heterocycles. The molecule has 0 N–H and O–H groups in total. The summed E-state index contributed by atoms with van der Waals surface area (Å²) in [5, 5.41) is 0.551. The van der Waals surface area contributed by atoms with Crippen LogP contribution in [0.2, 0.25) is 0 Å². The Morgan fingerprint density at radius 2 is 1.78 bits per heavy atom. The number of carbonyl (C=O) groups excluding carboxylic acids is 2. The lowest BCUT2D eigenvalue weighted by molar-refractivity contribution is -0.140. The van der Waals surface area contributed by atoms with Gasteiger partial charge in [-0.15, -0.1) is 0 Å². The Morgan fingerprint density at radius 1 is 1.12 bits per heavy atom. The number of imidazole rings is 1. The maximum absolute atomic E-state index is 13.1. The van der Waals surface area contributed by atoms with Gasteiger partial charge in [0, 0.05) is 38.6 Å². The molecule has 0 atom stereocenters. The third-order valence-electron chi connectivity index (χ3n) is 5.54. The molecule has 1 aromatic carbocycles. The van der Waals surface area contributed by atoms with Gasteiger partial charge in [-0.1, -0.05) is 39.0 Å². The van der Waals surface area contributed by atoms with Crippen molar-refractivity contribution in [2.24, 2.45) is 5.92 Å². The minimum absolute atomic E-state index is 0.0586. The fourth-order valence-corrected chi connectivity index (χ4v) is 4.63. The summed E-state index contributed by atoms with van der Waals surface area (Å²) < 4.78 is 41.2. The van der Waals surface area contributed by atoms with E-state index in [1.54, 1.807) is 9.80 Å². The van der Waals surface area contributed by atoms with Crippen LogP contribution in [0.25, 0.3) is 11.0 Å². The maximum atomic E-state index is 13.1. The highest BCUT2D eigenvalue weighted by Gasteiger charge is 2.31. The van der Waals surface area contributed by atoms with Crippen LogP contribution in [0.4, 0.5) is 13.2 Å². The van der Waals surface area contributed by atoms with Gasteiger partial charge in [0.25, 0.3) is 0 Å². The molecule has 1 aliphatic heterocycles. The van der Waals surface area contributed by atoms with Gasteiger partial charge in [-0.05, 0) is 24.6 Å². The minimum Gasteiger partial charge on any atom is -0.339 e. The molecule has 10 heteroatoms. The number of hydrogen-bond donors (Lipinski definition) is 0. The van der Waals surface area contributed by atoms with Crippen molar-refractivity contribution in [3.05, 3.63) is 23.8 Å². The lowest BCUT2D eigenvalue weighted by Crippen LogP contribution is -2.51. The summed E-state index contributed by atoms with van der Waals surface area (Å²) in [4.78, 5) is 32.8. The zero-order chi connectivity index (χ0) is 23.5. The van der Waals surface area contributed by atoms with Crippen molar-refractivity contribution < 1.29 is 22.8 Å². The number of aryl methyl sites for hydroxylation is 1. The highest BCUT2D eigenvalue weighted by atomic mass is 32.2. The Labute approximate surface area is 190 Å². The number of carbonyl (C=O) groups is 2. The number of piperazine rings is 1. The van der Waals surface area contributed by atoms with Crippen molar-refractivity contribution >= 4 is 34.6 Å². The van der Waals surface area contributed by atoms with Gasteiger partial charge < -0.3 is 14.4 Å². The van der Waals surface area contributed by atoms with Crippen LogP contribution >= 0.6 is 11.8 Å². The Morgan fingerprint density at radius 3 is 2.38 bits per heavy atom. The second-order valence-corrected chi connectivity index (χ2v) is 9.19. The highest BCUT2D eigenvalue weighted by Crippen LogP contribution is 2.33. The predicted octanol–water partition coefficient (Wildman–Crippen LogP) is 4.27. The van der Waals surface area contributed by atoms with Crippen LogP contribution in [0.1, 0.15) is 39.2 Å². The molecule has 0 saturated carbocycles. The number of fused-ring (bicyclic) bond motifs is 1. The largest absolute Gasteiger partial charge is 0.416 e. The molecule has 0 unspecified atom stereocenters. The summed E-state index contributed by atoms with van der Waals surface area (Å²) in [6.45, 7) is 8.40. The average molecular weight is 471 g/mol. The van der Waals surface area contributed by atoms with Crippen LogP contribution in [0.5, 0.6) is 0 Å². The van der Waals surface area contributed by atoms with Crippen molar-refractivity contribution in [2.45, 2.75) is 51.5 Å². The number of amides is 2. The summed E-state index contributed by atoms with van der Waals surface area (Å²) in [6.07, 6.45) is -2.63. The zero-order valence-corrected chi connectivity index (χ0v) is 19.4. The van der Waals surface area contributed by atoms with E-state index in [1.165, 1.54) is 17.8 Å². The van der Waals surface area contributed by atoms with Gasteiger partial charge in [0.2, 0.25) is 11.8 Å². The van der Waals surface area contributed by atoms with Crippen molar-refractivity contribution in [1.29, 1.82) is 0 Å². The number of unbranched alkanes of at least 4 members (excludes halogenated alkanes) is 1. The molecule has 6 nitrogen and oxygen atoms in total. The van der Waals surface area contributed by atoms with Crippen LogP contribution in [0.15, 0.2) is 23.4 Å². The van der Waals surface area contributed by atoms with Crippen LogP contribution in [-0.4, -0.2) is 63.1 Å². The molecule has 2 heterocycles. The maximum Gasteiger partial charge on any atom is 0.416 e. The lowest BCUT2D eigenvalue weighted by atomic mass is 10.1. The van der Waals surface area contributed by atoms with Gasteiger partial charge in [-0.3, -0.25) is 9.59 Å². The summed E-state index contributed by atoms with van der Waals surface area (Å²) in [5.74, 6) is 0.118. The second kappa shape index (κ2) is 10.1. The number of thioether (sulfide) groups is 1. The topological polar surface area (TPSA) is 58.4 Å². The third-order valence-corrected chi connectivity index (χ3v) is 6.50. The van der Waals surface area contributed by atoms with Crippen molar-refractivity contribution in [1.82, 2.24) is 19.4 Å². The Bertz CT molecular complexity index is 966. The molecule has 176 valence electrons. The number of benzene rings is 1. The van der Waals surface area contributed by atoms with E-state index < -0.39 is 11.7 Å². The Balaban J connectivity index is 1.69.